The molecule has 0 saturated carbocycles. The Morgan fingerprint density at radius 3 is 1.18 bits per heavy atom. The molecule has 0 aliphatic carbocycles. The molecule has 0 heterocycles. The molecule has 1 nitrogen and oxygen atoms in total. The fourth-order valence-corrected chi connectivity index (χ4v) is 0.250. The van der Waals surface area contributed by atoms with Gasteiger partial charge in [0.2, 0.25) is 0 Å². The molecule has 1 N–H and O–H groups in total. The molecule has 0 aromatic carbocycles. The van der Waals surface area contributed by atoms with Crippen LogP contribution in [0.15, 0.2) is 0 Å². The lowest BCUT2D eigenvalue weighted by atomic mass is 10.3. The molecular weight excluding hydrogens is 161 g/mol. The lowest BCUT2D eigenvalue weighted by molar-refractivity contribution is -0.875. The number of halogens is 4. The van der Waals surface area contributed by atoms with Gasteiger partial charge in [0, 0.05) is 0 Å². The summed E-state index contributed by atoms with van der Waals surface area (Å²) >= 11 is 0. The number of quaternary nitrogens is 1. The molecule has 0 aliphatic heterocycles. The maximum absolute atomic E-state index is 9.75. The average molecular weight is 175 g/mol. The van der Waals surface area contributed by atoms with Gasteiger partial charge < -0.3 is 22.2 Å². The number of hydrogen-bond donors (Lipinski definition) is 1. The van der Waals surface area contributed by atoms with Crippen molar-refractivity contribution in [1.29, 1.82) is 0 Å². The van der Waals surface area contributed by atoms with Crippen molar-refractivity contribution in [1.82, 2.24) is 0 Å². The Kier molecular flexibility index (Phi) is 7.83. The van der Waals surface area contributed by atoms with E-state index < -0.39 is 7.25 Å². The van der Waals surface area contributed by atoms with E-state index in [2.05, 4.69) is 20.9 Å². The fraction of sp³-hybridized carbons (Fsp3) is 1.00. The summed E-state index contributed by atoms with van der Waals surface area (Å²) in [5.74, 6) is 0. The van der Waals surface area contributed by atoms with E-state index in [4.69, 9.17) is 0 Å². The highest BCUT2D eigenvalue weighted by atomic mass is 19.5. The van der Waals surface area contributed by atoms with E-state index in [1.807, 2.05) is 0 Å². The van der Waals surface area contributed by atoms with Gasteiger partial charge in [-0.3, -0.25) is 0 Å². The van der Waals surface area contributed by atoms with Crippen LogP contribution in [0.25, 0.3) is 0 Å². The Morgan fingerprint density at radius 2 is 1.18 bits per heavy atom. The third kappa shape index (κ3) is 41.7. The summed E-state index contributed by atoms with van der Waals surface area (Å²) in [6.07, 6.45) is 0. The standard InChI is InChI=1S/C5H13N.BF4/c1-4-6(3)5-2;2-1(3,4)5/h4-5H2,1-3H3;/q;-1/p+1. The van der Waals surface area contributed by atoms with Crippen LogP contribution < -0.4 is 4.90 Å². The molecule has 6 heteroatoms. The molecule has 0 aromatic heterocycles. The van der Waals surface area contributed by atoms with E-state index in [0.717, 1.165) is 0 Å². The Labute approximate surface area is 64.5 Å². The first kappa shape index (κ1) is 13.3. The summed E-state index contributed by atoms with van der Waals surface area (Å²) in [6.45, 7) is 6.88. The summed E-state index contributed by atoms with van der Waals surface area (Å²) < 4.78 is 39.0. The predicted octanol–water partition coefficient (Wildman–Crippen LogP) is 0.841. The minimum absolute atomic E-state index is 1.25. The highest BCUT2D eigenvalue weighted by Gasteiger charge is 2.20. The minimum atomic E-state index is -6.00. The van der Waals surface area contributed by atoms with Crippen LogP contribution in [0.3, 0.4) is 0 Å². The lowest BCUT2D eigenvalue weighted by Crippen LogP contribution is -3.08. The largest absolute Gasteiger partial charge is 0.673 e. The van der Waals surface area contributed by atoms with Crippen molar-refractivity contribution < 1.29 is 22.2 Å². The molecule has 0 aromatic rings. The SMILES string of the molecule is CC[NH+](C)CC.F[B-](F)(F)F. The van der Waals surface area contributed by atoms with Gasteiger partial charge in [-0.05, 0) is 13.8 Å². The molecule has 11 heavy (non-hydrogen) atoms. The van der Waals surface area contributed by atoms with E-state index in [1.54, 1.807) is 4.90 Å². The summed E-state index contributed by atoms with van der Waals surface area (Å²) in [7, 11) is -3.81. The van der Waals surface area contributed by atoms with Crippen molar-refractivity contribution in [3.8, 4) is 0 Å². The molecule has 0 spiro atoms. The highest BCUT2D eigenvalue weighted by Crippen LogP contribution is 2.06. The first-order valence-corrected chi connectivity index (χ1v) is 3.49. The van der Waals surface area contributed by atoms with Crippen molar-refractivity contribution in [2.24, 2.45) is 0 Å². The quantitative estimate of drug-likeness (QED) is 0.468. The molecule has 0 aliphatic rings. The minimum Gasteiger partial charge on any atom is -0.418 e. The third-order valence-electron chi connectivity index (χ3n) is 1.21. The van der Waals surface area contributed by atoms with Gasteiger partial charge in [-0.25, -0.2) is 0 Å². The second kappa shape index (κ2) is 6.45. The molecule has 0 fully saturated rings. The highest BCUT2D eigenvalue weighted by molar-refractivity contribution is 6.50. The van der Waals surface area contributed by atoms with E-state index in [0.29, 0.717) is 0 Å². The van der Waals surface area contributed by atoms with Gasteiger partial charge in [0.25, 0.3) is 0 Å². The Bertz CT molecular complexity index is 75.0. The van der Waals surface area contributed by atoms with Crippen molar-refractivity contribution >= 4 is 7.25 Å². The van der Waals surface area contributed by atoms with Crippen molar-refractivity contribution in [2.75, 3.05) is 20.1 Å². The van der Waals surface area contributed by atoms with E-state index in [-0.39, 0.29) is 0 Å². The lowest BCUT2D eigenvalue weighted by Gasteiger charge is -2.04. The van der Waals surface area contributed by atoms with E-state index in [9.17, 15) is 17.3 Å². The van der Waals surface area contributed by atoms with Gasteiger partial charge in [-0.15, -0.1) is 0 Å². The normalized spacial score (nSPS) is 10.9. The zero-order valence-corrected chi connectivity index (χ0v) is 7.00. The van der Waals surface area contributed by atoms with Crippen LogP contribution in [0, 0.1) is 0 Å². The smallest absolute Gasteiger partial charge is 0.418 e. The molecule has 0 rings (SSSR count). The summed E-state index contributed by atoms with van der Waals surface area (Å²) in [4.78, 5) is 1.59. The van der Waals surface area contributed by atoms with Crippen molar-refractivity contribution in [3.05, 3.63) is 0 Å². The number of rotatable bonds is 2. The van der Waals surface area contributed by atoms with Crippen LogP contribution in [0.5, 0.6) is 0 Å². The second-order valence-corrected chi connectivity index (χ2v) is 2.16. The first-order valence-electron chi connectivity index (χ1n) is 3.49. The van der Waals surface area contributed by atoms with Crippen molar-refractivity contribution in [3.63, 3.8) is 0 Å². The Hall–Kier alpha value is -0.255. The van der Waals surface area contributed by atoms with Gasteiger partial charge >= 0.3 is 7.25 Å². The number of hydrogen-bond acceptors (Lipinski definition) is 0. The van der Waals surface area contributed by atoms with Gasteiger partial charge in [0.1, 0.15) is 0 Å². The van der Waals surface area contributed by atoms with Crippen LogP contribution in [-0.2, 0) is 0 Å². The van der Waals surface area contributed by atoms with Crippen LogP contribution in [0.1, 0.15) is 13.8 Å². The predicted molar refractivity (Wildman–Crippen MR) is 38.2 cm³/mol. The van der Waals surface area contributed by atoms with Gasteiger partial charge in [0.05, 0.1) is 20.1 Å². The maximum Gasteiger partial charge on any atom is 0.673 e. The molecule has 0 amide bonds. The molecule has 0 saturated heterocycles. The molecule has 0 unspecified atom stereocenters. The zero-order chi connectivity index (χ0) is 9.49. The van der Waals surface area contributed by atoms with Crippen molar-refractivity contribution in [2.45, 2.75) is 13.8 Å². The monoisotopic (exact) mass is 175 g/mol. The average Bonchev–Trinajstić information content (AvgIpc) is 1.83. The molecule has 0 bridgehead atoms. The molecule has 0 radical (unpaired) electrons. The summed E-state index contributed by atoms with van der Waals surface area (Å²) in [5.41, 5.74) is 0. The number of nitrogens with one attached hydrogen (secondary N) is 1. The van der Waals surface area contributed by atoms with E-state index >= 15 is 0 Å². The zero-order valence-electron chi connectivity index (χ0n) is 7.00. The van der Waals surface area contributed by atoms with E-state index in [1.165, 1.54) is 13.1 Å². The first-order chi connectivity index (χ1) is 4.81. The van der Waals surface area contributed by atoms with Crippen LogP contribution in [0.4, 0.5) is 17.3 Å². The van der Waals surface area contributed by atoms with Crippen LogP contribution >= 0.6 is 0 Å². The fourth-order valence-electron chi connectivity index (χ4n) is 0.250. The molecule has 0 atom stereocenters. The van der Waals surface area contributed by atoms with Gasteiger partial charge in [0.15, 0.2) is 0 Å². The second-order valence-electron chi connectivity index (χ2n) is 2.16. The summed E-state index contributed by atoms with van der Waals surface area (Å²) in [5, 5.41) is 0. The van der Waals surface area contributed by atoms with Gasteiger partial charge in [-0.2, -0.15) is 0 Å². The summed E-state index contributed by atoms with van der Waals surface area (Å²) in [6, 6.07) is 0. The topological polar surface area (TPSA) is 4.44 Å². The molecular formula is C5H14BF4N. The van der Waals surface area contributed by atoms with Gasteiger partial charge in [-0.1, -0.05) is 0 Å². The van der Waals surface area contributed by atoms with Crippen LogP contribution in [0.2, 0.25) is 0 Å². The molecule has 70 valence electrons. The third-order valence-corrected chi connectivity index (χ3v) is 1.21. The van der Waals surface area contributed by atoms with Crippen LogP contribution in [-0.4, -0.2) is 27.4 Å². The Morgan fingerprint density at radius 1 is 1.00 bits per heavy atom. The maximum atomic E-state index is 9.75. The Balaban J connectivity index is 0.